The zero-order chi connectivity index (χ0) is 15.6. The van der Waals surface area contributed by atoms with Crippen LogP contribution in [0.25, 0.3) is 0 Å². The van der Waals surface area contributed by atoms with Gasteiger partial charge in [-0.15, -0.1) is 0 Å². The summed E-state index contributed by atoms with van der Waals surface area (Å²) < 4.78 is 18.9. The molecule has 0 saturated carbocycles. The Bertz CT molecular complexity index is 266. The molecule has 0 aromatic rings. The fourth-order valence-corrected chi connectivity index (χ4v) is 7.89. The van der Waals surface area contributed by atoms with E-state index < -0.39 is 8.56 Å². The van der Waals surface area contributed by atoms with Crippen LogP contribution in [0.5, 0.6) is 0 Å². The van der Waals surface area contributed by atoms with Crippen molar-refractivity contribution < 1.29 is 13.6 Å². The summed E-state index contributed by atoms with van der Waals surface area (Å²) in [5, 5.41) is 3.18. The van der Waals surface area contributed by atoms with E-state index >= 15 is 0 Å². The monoisotopic (exact) mass is 318 g/mol. The molecule has 0 aromatic heterocycles. The summed E-state index contributed by atoms with van der Waals surface area (Å²) in [7, 11) is -2.34. The molecule has 6 heteroatoms. The van der Waals surface area contributed by atoms with E-state index in [9.17, 15) is 0 Å². The van der Waals surface area contributed by atoms with E-state index in [2.05, 4.69) is 26.1 Å². The lowest BCUT2D eigenvalue weighted by Crippen LogP contribution is -2.66. The molecule has 0 bridgehead atoms. The van der Waals surface area contributed by atoms with Gasteiger partial charge in [0.2, 0.25) is 0 Å². The lowest BCUT2D eigenvalue weighted by Gasteiger charge is -2.49. The minimum Gasteiger partial charge on any atom is -0.393 e. The van der Waals surface area contributed by atoms with Gasteiger partial charge in [-0.05, 0) is 46.2 Å². The number of rotatable bonds is 11. The van der Waals surface area contributed by atoms with E-state index in [0.717, 1.165) is 32.0 Å². The van der Waals surface area contributed by atoms with Gasteiger partial charge in [-0.1, -0.05) is 12.8 Å². The molecule has 1 saturated heterocycles. The SMILES string of the molecule is CCOC1(CCNCCN)CCCC[Si]1(OCC)OCC. The minimum absolute atomic E-state index is 0.215. The molecule has 0 radical (unpaired) electrons. The van der Waals surface area contributed by atoms with Crippen molar-refractivity contribution in [3.8, 4) is 0 Å². The predicted octanol–water partition coefficient (Wildman–Crippen LogP) is 1.94. The van der Waals surface area contributed by atoms with Gasteiger partial charge < -0.3 is 24.6 Å². The van der Waals surface area contributed by atoms with Crippen molar-refractivity contribution in [2.45, 2.75) is 57.7 Å². The van der Waals surface area contributed by atoms with Gasteiger partial charge >= 0.3 is 8.56 Å². The Balaban J connectivity index is 2.90. The molecule has 3 N–H and O–H groups in total. The molecule has 126 valence electrons. The van der Waals surface area contributed by atoms with Crippen LogP contribution in [-0.2, 0) is 13.6 Å². The van der Waals surface area contributed by atoms with Crippen molar-refractivity contribution in [3.63, 3.8) is 0 Å². The second-order valence-corrected chi connectivity index (χ2v) is 9.04. The molecule has 1 unspecified atom stereocenters. The standard InChI is InChI=1S/C15H34N2O3Si/c1-4-18-15(10-12-17-13-11-16)9-7-8-14-21(15,19-5-2)20-6-3/h17H,4-14,16H2,1-3H3. The van der Waals surface area contributed by atoms with Crippen molar-refractivity contribution in [2.24, 2.45) is 5.73 Å². The average Bonchev–Trinajstić information content (AvgIpc) is 2.47. The first-order valence-electron chi connectivity index (χ1n) is 8.53. The Morgan fingerprint density at radius 2 is 1.76 bits per heavy atom. The molecule has 21 heavy (non-hydrogen) atoms. The summed E-state index contributed by atoms with van der Waals surface area (Å²) in [5.74, 6) is 0. The molecule has 0 aromatic carbocycles. The maximum Gasteiger partial charge on any atom is 0.371 e. The summed E-state index contributed by atoms with van der Waals surface area (Å²) in [5.41, 5.74) is 5.55. The molecule has 1 aliphatic rings. The second-order valence-electron chi connectivity index (χ2n) is 5.54. The number of ether oxygens (including phenoxy) is 1. The lowest BCUT2D eigenvalue weighted by molar-refractivity contribution is -0.0450. The lowest BCUT2D eigenvalue weighted by atomic mass is 10.1. The largest absolute Gasteiger partial charge is 0.393 e. The van der Waals surface area contributed by atoms with Gasteiger partial charge in [-0.2, -0.15) is 0 Å². The molecule has 1 fully saturated rings. The van der Waals surface area contributed by atoms with Crippen molar-refractivity contribution >= 4 is 8.56 Å². The second kappa shape index (κ2) is 9.92. The highest BCUT2D eigenvalue weighted by atomic mass is 28.4. The summed E-state index contributed by atoms with van der Waals surface area (Å²) in [6, 6.07) is 1.05. The van der Waals surface area contributed by atoms with E-state index in [1.165, 1.54) is 12.8 Å². The topological polar surface area (TPSA) is 65.7 Å². The molecule has 1 aliphatic heterocycles. The summed E-state index contributed by atoms with van der Waals surface area (Å²) in [4.78, 5) is 0. The molecule has 0 spiro atoms. The van der Waals surface area contributed by atoms with E-state index in [-0.39, 0.29) is 5.22 Å². The fourth-order valence-electron chi connectivity index (χ4n) is 3.47. The molecule has 1 atom stereocenters. The zero-order valence-electron chi connectivity index (χ0n) is 14.1. The Morgan fingerprint density at radius 1 is 1.05 bits per heavy atom. The van der Waals surface area contributed by atoms with Crippen LogP contribution in [0.1, 0.15) is 46.5 Å². The summed E-state index contributed by atoms with van der Waals surface area (Å²) in [6.07, 6.45) is 4.40. The Labute approximate surface area is 131 Å². The van der Waals surface area contributed by atoms with Crippen molar-refractivity contribution in [1.82, 2.24) is 5.32 Å². The number of hydrogen-bond donors (Lipinski definition) is 2. The van der Waals surface area contributed by atoms with Gasteiger partial charge in [0.25, 0.3) is 0 Å². The normalized spacial score (nSPS) is 25.1. The van der Waals surface area contributed by atoms with Crippen molar-refractivity contribution in [1.29, 1.82) is 0 Å². The van der Waals surface area contributed by atoms with Crippen molar-refractivity contribution in [3.05, 3.63) is 0 Å². The minimum atomic E-state index is -2.34. The quantitative estimate of drug-likeness (QED) is 0.450. The Hall–Kier alpha value is 0.0169. The molecule has 1 rings (SSSR count). The van der Waals surface area contributed by atoms with Crippen LogP contribution in [0.3, 0.4) is 0 Å². The Morgan fingerprint density at radius 3 is 2.33 bits per heavy atom. The van der Waals surface area contributed by atoms with Crippen LogP contribution in [0, 0.1) is 0 Å². The highest BCUT2D eigenvalue weighted by molar-refractivity contribution is 6.70. The highest BCUT2D eigenvalue weighted by Gasteiger charge is 2.59. The maximum absolute atomic E-state index is 6.31. The molecular weight excluding hydrogens is 284 g/mol. The average molecular weight is 319 g/mol. The first-order valence-corrected chi connectivity index (χ1v) is 10.5. The number of nitrogens with two attached hydrogens (primary N) is 1. The van der Waals surface area contributed by atoms with Crippen molar-refractivity contribution in [2.75, 3.05) is 39.5 Å². The molecule has 0 amide bonds. The van der Waals surface area contributed by atoms with E-state index in [1.807, 2.05) is 0 Å². The van der Waals surface area contributed by atoms with E-state index in [4.69, 9.17) is 19.3 Å². The van der Waals surface area contributed by atoms with Gasteiger partial charge in [-0.3, -0.25) is 0 Å². The summed E-state index contributed by atoms with van der Waals surface area (Å²) >= 11 is 0. The molecular formula is C15H34N2O3Si. The van der Waals surface area contributed by atoms with E-state index in [1.54, 1.807) is 0 Å². The smallest absolute Gasteiger partial charge is 0.371 e. The number of nitrogens with one attached hydrogen (secondary N) is 1. The van der Waals surface area contributed by atoms with Crippen LogP contribution in [0.2, 0.25) is 6.04 Å². The maximum atomic E-state index is 6.31. The third-order valence-corrected chi connectivity index (χ3v) is 8.79. The Kier molecular flexibility index (Phi) is 9.00. The first-order chi connectivity index (χ1) is 10.2. The number of hydrogen-bond acceptors (Lipinski definition) is 5. The molecule has 1 heterocycles. The predicted molar refractivity (Wildman–Crippen MR) is 88.6 cm³/mol. The first kappa shape index (κ1) is 19.1. The van der Waals surface area contributed by atoms with Gasteiger partial charge in [0.15, 0.2) is 0 Å². The van der Waals surface area contributed by atoms with E-state index in [0.29, 0.717) is 26.4 Å². The van der Waals surface area contributed by atoms with Gasteiger partial charge in [0, 0.05) is 32.9 Å². The van der Waals surface area contributed by atoms with Gasteiger partial charge in [-0.25, -0.2) is 0 Å². The van der Waals surface area contributed by atoms with Crippen LogP contribution >= 0.6 is 0 Å². The highest BCUT2D eigenvalue weighted by Crippen LogP contribution is 2.43. The molecule has 0 aliphatic carbocycles. The zero-order valence-corrected chi connectivity index (χ0v) is 15.1. The van der Waals surface area contributed by atoms with Crippen LogP contribution in [0.4, 0.5) is 0 Å². The van der Waals surface area contributed by atoms with Gasteiger partial charge in [0.05, 0.1) is 0 Å². The third kappa shape index (κ3) is 4.74. The third-order valence-electron chi connectivity index (χ3n) is 4.23. The van der Waals surface area contributed by atoms with Crippen LogP contribution in [-0.4, -0.2) is 53.2 Å². The molecule has 5 nitrogen and oxygen atoms in total. The summed E-state index contributed by atoms with van der Waals surface area (Å²) in [6.45, 7) is 10.7. The van der Waals surface area contributed by atoms with Crippen LogP contribution < -0.4 is 11.1 Å². The van der Waals surface area contributed by atoms with Gasteiger partial charge in [0.1, 0.15) is 5.22 Å². The van der Waals surface area contributed by atoms with Crippen LogP contribution in [0.15, 0.2) is 0 Å². The fraction of sp³-hybridized carbons (Fsp3) is 1.00.